The molecule has 0 saturated carbocycles. The SMILES string of the molecule is Cc1ccc(-c2ccc(C=C3OC(N4CCOCC4)=NC3=O)o2)cc1. The van der Waals surface area contributed by atoms with Crippen LogP contribution in [0.1, 0.15) is 11.3 Å². The molecule has 0 bridgehead atoms. The number of nitrogens with zero attached hydrogens (tertiary/aromatic N) is 2. The van der Waals surface area contributed by atoms with Crippen LogP contribution in [0.3, 0.4) is 0 Å². The summed E-state index contributed by atoms with van der Waals surface area (Å²) in [6.07, 6.45) is 1.58. The highest BCUT2D eigenvalue weighted by atomic mass is 16.5. The van der Waals surface area contributed by atoms with Crippen molar-refractivity contribution in [1.82, 2.24) is 4.90 Å². The second-order valence-corrected chi connectivity index (χ2v) is 5.98. The minimum atomic E-state index is -0.394. The number of aryl methyl sites for hydroxylation is 1. The Hall–Kier alpha value is -2.86. The van der Waals surface area contributed by atoms with E-state index >= 15 is 0 Å². The van der Waals surface area contributed by atoms with Gasteiger partial charge in [0.15, 0.2) is 0 Å². The molecular formula is C19H18N2O4. The topological polar surface area (TPSA) is 64.3 Å². The van der Waals surface area contributed by atoms with E-state index in [1.807, 2.05) is 48.2 Å². The number of aliphatic imine (C=N–C) groups is 1. The highest BCUT2D eigenvalue weighted by Gasteiger charge is 2.28. The molecule has 128 valence electrons. The van der Waals surface area contributed by atoms with Gasteiger partial charge in [0.05, 0.1) is 13.2 Å². The number of carbonyl (C=O) groups is 1. The summed E-state index contributed by atoms with van der Waals surface area (Å²) >= 11 is 0. The first-order valence-corrected chi connectivity index (χ1v) is 8.21. The number of amides is 1. The first-order chi connectivity index (χ1) is 12.2. The molecule has 2 aliphatic rings. The van der Waals surface area contributed by atoms with Gasteiger partial charge in [0, 0.05) is 24.7 Å². The largest absolute Gasteiger partial charge is 0.457 e. The fraction of sp³-hybridized carbons (Fsp3) is 0.263. The first-order valence-electron chi connectivity index (χ1n) is 8.21. The Balaban J connectivity index is 1.50. The molecule has 2 aromatic rings. The van der Waals surface area contributed by atoms with Crippen molar-refractivity contribution in [3.8, 4) is 11.3 Å². The fourth-order valence-corrected chi connectivity index (χ4v) is 2.72. The molecule has 1 aromatic heterocycles. The third-order valence-corrected chi connectivity index (χ3v) is 4.13. The van der Waals surface area contributed by atoms with E-state index in [1.54, 1.807) is 6.08 Å². The number of hydrogen-bond acceptors (Lipinski definition) is 5. The molecule has 1 amide bonds. The Kier molecular flexibility index (Phi) is 4.11. The van der Waals surface area contributed by atoms with Gasteiger partial charge in [-0.25, -0.2) is 0 Å². The molecule has 0 atom stereocenters. The second-order valence-electron chi connectivity index (χ2n) is 5.98. The van der Waals surface area contributed by atoms with E-state index in [2.05, 4.69) is 4.99 Å². The monoisotopic (exact) mass is 338 g/mol. The Morgan fingerprint density at radius 3 is 2.60 bits per heavy atom. The Morgan fingerprint density at radius 2 is 1.84 bits per heavy atom. The van der Waals surface area contributed by atoms with Crippen LogP contribution in [-0.2, 0) is 14.3 Å². The predicted octanol–water partition coefficient (Wildman–Crippen LogP) is 2.84. The Bertz CT molecular complexity index is 843. The van der Waals surface area contributed by atoms with Gasteiger partial charge >= 0.3 is 11.9 Å². The van der Waals surface area contributed by atoms with Crippen LogP contribution in [0.5, 0.6) is 0 Å². The van der Waals surface area contributed by atoms with E-state index in [-0.39, 0.29) is 5.76 Å². The molecule has 6 nitrogen and oxygen atoms in total. The van der Waals surface area contributed by atoms with Crippen LogP contribution >= 0.6 is 0 Å². The summed E-state index contributed by atoms with van der Waals surface area (Å²) in [7, 11) is 0. The number of carbonyl (C=O) groups excluding carboxylic acids is 1. The average Bonchev–Trinajstić information content (AvgIpc) is 3.24. The van der Waals surface area contributed by atoms with Gasteiger partial charge in [0.1, 0.15) is 11.5 Å². The number of amidine groups is 1. The van der Waals surface area contributed by atoms with Crippen molar-refractivity contribution < 1.29 is 18.7 Å². The molecule has 0 radical (unpaired) electrons. The number of hydrogen-bond donors (Lipinski definition) is 0. The van der Waals surface area contributed by atoms with Crippen LogP contribution in [0.2, 0.25) is 0 Å². The lowest BCUT2D eigenvalue weighted by Crippen LogP contribution is -2.40. The zero-order valence-electron chi connectivity index (χ0n) is 13.9. The molecule has 3 heterocycles. The summed E-state index contributed by atoms with van der Waals surface area (Å²) in [5.41, 5.74) is 2.18. The molecule has 1 saturated heterocycles. The smallest absolute Gasteiger partial charge is 0.317 e. The Morgan fingerprint density at radius 1 is 1.08 bits per heavy atom. The second kappa shape index (κ2) is 6.57. The van der Waals surface area contributed by atoms with Crippen LogP contribution in [-0.4, -0.2) is 43.1 Å². The van der Waals surface area contributed by atoms with Crippen molar-refractivity contribution in [2.24, 2.45) is 4.99 Å². The third kappa shape index (κ3) is 3.34. The van der Waals surface area contributed by atoms with Crippen LogP contribution < -0.4 is 0 Å². The summed E-state index contributed by atoms with van der Waals surface area (Å²) < 4.78 is 16.7. The number of morpholine rings is 1. The van der Waals surface area contributed by atoms with Gasteiger partial charge in [0.25, 0.3) is 0 Å². The van der Waals surface area contributed by atoms with Gasteiger partial charge in [-0.3, -0.25) is 4.79 Å². The van der Waals surface area contributed by atoms with Crippen LogP contribution in [0.25, 0.3) is 17.4 Å². The van der Waals surface area contributed by atoms with Crippen LogP contribution in [0, 0.1) is 6.92 Å². The summed E-state index contributed by atoms with van der Waals surface area (Å²) in [5.74, 6) is 1.07. The first kappa shape index (κ1) is 15.7. The molecule has 1 aromatic carbocycles. The highest BCUT2D eigenvalue weighted by molar-refractivity contribution is 6.08. The zero-order valence-corrected chi connectivity index (χ0v) is 13.9. The maximum atomic E-state index is 12.1. The van der Waals surface area contributed by atoms with E-state index in [0.29, 0.717) is 38.1 Å². The van der Waals surface area contributed by atoms with Gasteiger partial charge in [-0.1, -0.05) is 29.8 Å². The molecule has 4 rings (SSSR count). The van der Waals surface area contributed by atoms with Crippen molar-refractivity contribution in [1.29, 1.82) is 0 Å². The van der Waals surface area contributed by atoms with Crippen molar-refractivity contribution in [2.75, 3.05) is 26.3 Å². The lowest BCUT2D eigenvalue weighted by atomic mass is 10.1. The van der Waals surface area contributed by atoms with Crippen molar-refractivity contribution in [2.45, 2.75) is 6.92 Å². The third-order valence-electron chi connectivity index (χ3n) is 4.13. The van der Waals surface area contributed by atoms with Gasteiger partial charge in [-0.05, 0) is 19.1 Å². The summed E-state index contributed by atoms with van der Waals surface area (Å²) in [5, 5.41) is 0. The van der Waals surface area contributed by atoms with Crippen molar-refractivity contribution >= 4 is 18.0 Å². The number of benzene rings is 1. The van der Waals surface area contributed by atoms with E-state index in [4.69, 9.17) is 13.9 Å². The quantitative estimate of drug-likeness (QED) is 0.788. The standard InChI is InChI=1S/C19H18N2O4/c1-13-2-4-14(5-3-13)16-7-6-15(24-16)12-17-18(22)20-19(25-17)21-8-10-23-11-9-21/h2-7,12H,8-11H2,1H3. The van der Waals surface area contributed by atoms with E-state index in [0.717, 1.165) is 11.3 Å². The molecule has 25 heavy (non-hydrogen) atoms. The fourth-order valence-electron chi connectivity index (χ4n) is 2.72. The van der Waals surface area contributed by atoms with Gasteiger partial charge in [0.2, 0.25) is 5.76 Å². The normalized spacial score (nSPS) is 19.2. The Labute approximate surface area is 145 Å². The van der Waals surface area contributed by atoms with Gasteiger partial charge in [-0.2, -0.15) is 4.99 Å². The summed E-state index contributed by atoms with van der Waals surface area (Å²) in [6.45, 7) is 4.58. The maximum Gasteiger partial charge on any atom is 0.317 e. The number of rotatable bonds is 2. The molecular weight excluding hydrogens is 320 g/mol. The van der Waals surface area contributed by atoms with Gasteiger partial charge < -0.3 is 18.8 Å². The number of ether oxygens (including phenoxy) is 2. The molecule has 0 spiro atoms. The summed E-state index contributed by atoms with van der Waals surface area (Å²) in [4.78, 5) is 18.0. The average molecular weight is 338 g/mol. The highest BCUT2D eigenvalue weighted by Crippen LogP contribution is 2.25. The summed E-state index contributed by atoms with van der Waals surface area (Å²) in [6, 6.07) is 12.1. The van der Waals surface area contributed by atoms with E-state index < -0.39 is 5.91 Å². The minimum Gasteiger partial charge on any atom is -0.457 e. The molecule has 0 N–H and O–H groups in total. The zero-order chi connectivity index (χ0) is 17.2. The molecule has 0 unspecified atom stereocenters. The van der Waals surface area contributed by atoms with E-state index in [1.165, 1.54) is 5.56 Å². The van der Waals surface area contributed by atoms with Crippen LogP contribution in [0.4, 0.5) is 0 Å². The molecule has 2 aliphatic heterocycles. The van der Waals surface area contributed by atoms with Crippen molar-refractivity contribution in [3.63, 3.8) is 0 Å². The molecule has 0 aliphatic carbocycles. The lowest BCUT2D eigenvalue weighted by Gasteiger charge is -2.26. The molecule has 6 heteroatoms. The number of furan rings is 1. The minimum absolute atomic E-state index is 0.172. The van der Waals surface area contributed by atoms with Gasteiger partial charge in [-0.15, -0.1) is 0 Å². The maximum absolute atomic E-state index is 12.1. The molecule has 1 fully saturated rings. The van der Waals surface area contributed by atoms with Crippen molar-refractivity contribution in [3.05, 3.63) is 53.5 Å². The predicted molar refractivity (Wildman–Crippen MR) is 92.8 cm³/mol. The lowest BCUT2D eigenvalue weighted by molar-refractivity contribution is -0.115. The van der Waals surface area contributed by atoms with E-state index in [9.17, 15) is 4.79 Å². The van der Waals surface area contributed by atoms with Crippen LogP contribution in [0.15, 0.2) is 51.6 Å².